The summed E-state index contributed by atoms with van der Waals surface area (Å²) in [6.07, 6.45) is 3.97. The minimum absolute atomic E-state index is 0.448. The maximum atomic E-state index is 12.7. The predicted molar refractivity (Wildman–Crippen MR) is 62.7 cm³/mol. The highest BCUT2D eigenvalue weighted by molar-refractivity contribution is 5.33. The van der Waals surface area contributed by atoms with Gasteiger partial charge in [0.05, 0.1) is 12.4 Å². The molecule has 2 N–H and O–H groups in total. The smallest absolute Gasteiger partial charge is 0.225 e. The van der Waals surface area contributed by atoms with Crippen LogP contribution in [0.4, 0.5) is 16.2 Å². The van der Waals surface area contributed by atoms with E-state index in [0.29, 0.717) is 18.3 Å². The number of rotatable bonds is 3. The number of nitrogens with zero attached hydrogens (tertiary/aromatic N) is 4. The second-order valence-corrected chi connectivity index (χ2v) is 3.65. The van der Waals surface area contributed by atoms with Crippen LogP contribution in [0, 0.1) is 5.82 Å². The molecule has 0 aromatic carbocycles. The van der Waals surface area contributed by atoms with Gasteiger partial charge in [-0.05, 0) is 11.6 Å². The van der Waals surface area contributed by atoms with E-state index < -0.39 is 5.82 Å². The Morgan fingerprint density at radius 3 is 2.47 bits per heavy atom. The van der Waals surface area contributed by atoms with Gasteiger partial charge in [0.25, 0.3) is 0 Å². The molecule has 5 nitrogen and oxygen atoms in total. The van der Waals surface area contributed by atoms with E-state index in [-0.39, 0.29) is 0 Å². The first-order valence-corrected chi connectivity index (χ1v) is 5.04. The van der Waals surface area contributed by atoms with Crippen molar-refractivity contribution < 1.29 is 4.39 Å². The molecule has 2 heterocycles. The van der Waals surface area contributed by atoms with Gasteiger partial charge in [0.15, 0.2) is 5.82 Å². The molecule has 6 heteroatoms. The van der Waals surface area contributed by atoms with Gasteiger partial charge in [0, 0.05) is 19.8 Å². The Balaban J connectivity index is 2.08. The monoisotopic (exact) mass is 233 g/mol. The van der Waals surface area contributed by atoms with Gasteiger partial charge in [-0.25, -0.2) is 19.3 Å². The molecule has 0 aliphatic heterocycles. The lowest BCUT2D eigenvalue weighted by Gasteiger charge is -2.16. The van der Waals surface area contributed by atoms with Crippen molar-refractivity contribution >= 4 is 11.8 Å². The molecule has 0 spiro atoms. The van der Waals surface area contributed by atoms with Crippen LogP contribution in [0.2, 0.25) is 0 Å². The zero-order chi connectivity index (χ0) is 12.3. The van der Waals surface area contributed by atoms with Crippen LogP contribution in [0.1, 0.15) is 5.56 Å². The van der Waals surface area contributed by atoms with Gasteiger partial charge in [-0.1, -0.05) is 6.07 Å². The van der Waals surface area contributed by atoms with Gasteiger partial charge >= 0.3 is 0 Å². The summed E-state index contributed by atoms with van der Waals surface area (Å²) in [6.45, 7) is 0.582. The Bertz CT molecular complexity index is 482. The fourth-order valence-electron chi connectivity index (χ4n) is 1.38. The molecule has 0 aliphatic rings. The van der Waals surface area contributed by atoms with Gasteiger partial charge < -0.3 is 10.6 Å². The number of nitrogens with two attached hydrogens (primary N) is 1. The van der Waals surface area contributed by atoms with Crippen molar-refractivity contribution in [3.8, 4) is 0 Å². The number of halogens is 1. The van der Waals surface area contributed by atoms with Crippen LogP contribution in [0.15, 0.2) is 30.7 Å². The maximum Gasteiger partial charge on any atom is 0.225 e. The van der Waals surface area contributed by atoms with Crippen molar-refractivity contribution in [3.63, 3.8) is 0 Å². The zero-order valence-corrected chi connectivity index (χ0v) is 9.34. The second kappa shape index (κ2) is 4.73. The molecule has 0 radical (unpaired) electrons. The van der Waals surface area contributed by atoms with Crippen LogP contribution in [0.5, 0.6) is 0 Å². The number of pyridine rings is 1. The van der Waals surface area contributed by atoms with E-state index in [0.717, 1.165) is 18.0 Å². The fraction of sp³-hybridized carbons (Fsp3) is 0.182. The molecule has 2 aromatic rings. The van der Waals surface area contributed by atoms with E-state index in [1.807, 2.05) is 13.1 Å². The minimum atomic E-state index is -0.448. The quantitative estimate of drug-likeness (QED) is 0.863. The molecule has 17 heavy (non-hydrogen) atoms. The van der Waals surface area contributed by atoms with E-state index in [1.54, 1.807) is 17.2 Å². The van der Waals surface area contributed by atoms with Crippen LogP contribution < -0.4 is 10.6 Å². The minimum Gasteiger partial charge on any atom is -0.384 e. The third kappa shape index (κ3) is 2.87. The Hall–Kier alpha value is -2.24. The lowest BCUT2D eigenvalue weighted by Crippen LogP contribution is -2.19. The van der Waals surface area contributed by atoms with Gasteiger partial charge in [0.2, 0.25) is 5.95 Å². The molecule has 0 saturated heterocycles. The lowest BCUT2D eigenvalue weighted by atomic mass is 10.2. The van der Waals surface area contributed by atoms with Crippen LogP contribution in [0.3, 0.4) is 0 Å². The molecule has 2 aromatic heterocycles. The predicted octanol–water partition coefficient (Wildman–Crippen LogP) is 1.23. The molecule has 88 valence electrons. The molecular weight excluding hydrogens is 221 g/mol. The van der Waals surface area contributed by atoms with Crippen molar-refractivity contribution in [3.05, 3.63) is 42.1 Å². The topological polar surface area (TPSA) is 67.9 Å². The highest BCUT2D eigenvalue weighted by atomic mass is 19.1. The van der Waals surface area contributed by atoms with Crippen molar-refractivity contribution in [1.29, 1.82) is 0 Å². The molecule has 0 bridgehead atoms. The zero-order valence-electron chi connectivity index (χ0n) is 9.34. The lowest BCUT2D eigenvalue weighted by molar-refractivity contribution is 0.612. The van der Waals surface area contributed by atoms with Crippen molar-refractivity contribution in [2.24, 2.45) is 0 Å². The van der Waals surface area contributed by atoms with Crippen molar-refractivity contribution in [1.82, 2.24) is 15.0 Å². The second-order valence-electron chi connectivity index (χ2n) is 3.65. The largest absolute Gasteiger partial charge is 0.384 e. The van der Waals surface area contributed by atoms with Gasteiger partial charge in [-0.3, -0.25) is 0 Å². The molecule has 0 amide bonds. The normalized spacial score (nSPS) is 10.2. The van der Waals surface area contributed by atoms with Crippen molar-refractivity contribution in [2.75, 3.05) is 17.7 Å². The number of hydrogen-bond acceptors (Lipinski definition) is 5. The summed E-state index contributed by atoms with van der Waals surface area (Å²) in [6, 6.07) is 3.61. The number of anilines is 2. The summed E-state index contributed by atoms with van der Waals surface area (Å²) in [5.41, 5.74) is 6.48. The highest BCUT2D eigenvalue weighted by Gasteiger charge is 2.05. The average Bonchev–Trinajstić information content (AvgIpc) is 2.33. The van der Waals surface area contributed by atoms with E-state index >= 15 is 0 Å². The number of hydrogen-bond donors (Lipinski definition) is 1. The molecule has 0 aliphatic carbocycles. The number of nitrogen functional groups attached to an aromatic ring is 1. The SMILES string of the molecule is CN(Cc1ccc(N)nc1)c1ncc(F)cn1. The Morgan fingerprint density at radius 2 is 1.88 bits per heavy atom. The van der Waals surface area contributed by atoms with Crippen LogP contribution in [-0.4, -0.2) is 22.0 Å². The first kappa shape index (κ1) is 11.3. The van der Waals surface area contributed by atoms with Crippen LogP contribution in [-0.2, 0) is 6.54 Å². The Labute approximate surface area is 98.1 Å². The van der Waals surface area contributed by atoms with Crippen molar-refractivity contribution in [2.45, 2.75) is 6.54 Å². The van der Waals surface area contributed by atoms with E-state index in [1.165, 1.54) is 0 Å². The third-order valence-electron chi connectivity index (χ3n) is 2.22. The summed E-state index contributed by atoms with van der Waals surface area (Å²) in [7, 11) is 1.82. The van der Waals surface area contributed by atoms with Gasteiger partial charge in [-0.15, -0.1) is 0 Å². The molecule has 0 unspecified atom stereocenters. The summed E-state index contributed by atoms with van der Waals surface area (Å²) in [4.78, 5) is 13.6. The average molecular weight is 233 g/mol. The molecule has 0 atom stereocenters. The van der Waals surface area contributed by atoms with Crippen LogP contribution >= 0.6 is 0 Å². The number of aromatic nitrogens is 3. The van der Waals surface area contributed by atoms with Gasteiger partial charge in [-0.2, -0.15) is 0 Å². The van der Waals surface area contributed by atoms with E-state index in [2.05, 4.69) is 15.0 Å². The van der Waals surface area contributed by atoms with Gasteiger partial charge in [0.1, 0.15) is 5.82 Å². The fourth-order valence-corrected chi connectivity index (χ4v) is 1.38. The maximum absolute atomic E-state index is 12.7. The Morgan fingerprint density at radius 1 is 1.18 bits per heavy atom. The third-order valence-corrected chi connectivity index (χ3v) is 2.22. The van der Waals surface area contributed by atoms with E-state index in [4.69, 9.17) is 5.73 Å². The standard InChI is InChI=1S/C11H12FN5/c1-17(11-15-5-9(12)6-16-11)7-8-2-3-10(13)14-4-8/h2-6H,7H2,1H3,(H2,13,14). The molecule has 2 rings (SSSR count). The summed E-state index contributed by atoms with van der Waals surface area (Å²) in [5.74, 6) is 0.494. The molecule has 0 fully saturated rings. The molecular formula is C11H12FN5. The van der Waals surface area contributed by atoms with Crippen LogP contribution in [0.25, 0.3) is 0 Å². The summed E-state index contributed by atoms with van der Waals surface area (Å²) < 4.78 is 12.7. The summed E-state index contributed by atoms with van der Waals surface area (Å²) in [5, 5.41) is 0. The highest BCUT2D eigenvalue weighted by Crippen LogP contribution is 2.09. The Kier molecular flexibility index (Phi) is 3.13. The summed E-state index contributed by atoms with van der Waals surface area (Å²) >= 11 is 0. The van der Waals surface area contributed by atoms with E-state index in [9.17, 15) is 4.39 Å². The first-order chi connectivity index (χ1) is 8.15. The molecule has 0 saturated carbocycles. The first-order valence-electron chi connectivity index (χ1n) is 5.04.